The predicted octanol–water partition coefficient (Wildman–Crippen LogP) is 10.4. The second-order valence-electron chi connectivity index (χ2n) is 15.1. The van der Waals surface area contributed by atoms with E-state index in [1.165, 1.54) is 85.0 Å². The summed E-state index contributed by atoms with van der Waals surface area (Å²) in [5, 5.41) is 42.4. The van der Waals surface area contributed by atoms with Gasteiger partial charge in [-0.05, 0) is 64.4 Å². The molecule has 6 atom stereocenters. The zero-order valence-electron chi connectivity index (χ0n) is 32.3. The van der Waals surface area contributed by atoms with Gasteiger partial charge in [-0.15, -0.1) is 0 Å². The number of unbranched alkanes of at least 4 members (excludes halogenated alkanes) is 16. The van der Waals surface area contributed by atoms with Crippen LogP contribution in [-0.4, -0.2) is 71.3 Å². The highest BCUT2D eigenvalue weighted by molar-refractivity contribution is 5.77. The summed E-state index contributed by atoms with van der Waals surface area (Å²) in [5.74, 6) is -1.31. The third-order valence-electron chi connectivity index (χ3n) is 11.1. The maximum atomic E-state index is 15.0. The molecule has 4 N–H and O–H groups in total. The van der Waals surface area contributed by atoms with Gasteiger partial charge >= 0.3 is 0 Å². The molecular weight excluding hydrogens is 650 g/mol. The summed E-state index contributed by atoms with van der Waals surface area (Å²) >= 11 is 0. The summed E-state index contributed by atoms with van der Waals surface area (Å²) in [5.41, 5.74) is 0.142. The monoisotopic (exact) mass is 722 g/mol. The normalized spacial score (nSPS) is 22.1. The fourth-order valence-electron chi connectivity index (χ4n) is 7.88. The minimum absolute atomic E-state index is 0.0146. The average Bonchev–Trinajstić information content (AvgIpc) is 3.82. The summed E-state index contributed by atoms with van der Waals surface area (Å²) in [7, 11) is 2.68. The first-order valence-corrected chi connectivity index (χ1v) is 20.4. The van der Waals surface area contributed by atoms with Gasteiger partial charge in [-0.3, -0.25) is 0 Å². The molecule has 0 spiro atoms. The maximum absolute atomic E-state index is 15.0. The van der Waals surface area contributed by atoms with Crippen LogP contribution in [0.4, 0.5) is 4.39 Å². The van der Waals surface area contributed by atoms with Gasteiger partial charge in [0, 0.05) is 5.56 Å². The SMILES string of the molecule is CCCCCCCCCC[C@H](O)[C@@H]1CC[C@@H]([C@@H]2CC[C@@H](C(O)CCCCCCCCCCCC=C([18F])c3c(C)c(O)c(OC)c(OC)c3O)O2)O1. The van der Waals surface area contributed by atoms with Crippen molar-refractivity contribution in [3.8, 4) is 23.0 Å². The molecule has 1 aromatic carbocycles. The number of hydrogen-bond donors (Lipinski definition) is 4. The lowest BCUT2D eigenvalue weighted by atomic mass is 10.0. The molecule has 0 bridgehead atoms. The standard InChI is InChI=1S/C42H71FO8/c1-5-6-7-8-9-15-18-21-24-32(44)34-26-28-36(50-34)37-29-27-35(51-37)33(45)25-22-19-16-13-11-10-12-14-17-20-23-31(43)38-30(2)39(46)41(48-3)42(49-4)40(38)47/h23,32-37,44-47H,5-22,24-29H2,1-4H3/t32-,33?,34-,35-,36-,37-/m0/s1/i43-1. The molecule has 2 fully saturated rings. The second kappa shape index (κ2) is 24.3. The molecule has 294 valence electrons. The molecule has 0 aliphatic carbocycles. The highest BCUT2D eigenvalue weighted by Gasteiger charge is 2.40. The van der Waals surface area contributed by atoms with Gasteiger partial charge in [-0.1, -0.05) is 110 Å². The predicted molar refractivity (Wildman–Crippen MR) is 203 cm³/mol. The topological polar surface area (TPSA) is 118 Å². The van der Waals surface area contributed by atoms with Gasteiger partial charge in [0.1, 0.15) is 5.83 Å². The second-order valence-corrected chi connectivity index (χ2v) is 15.1. The molecule has 2 aliphatic heterocycles. The van der Waals surface area contributed by atoms with Gasteiger partial charge in [0.15, 0.2) is 11.5 Å². The van der Waals surface area contributed by atoms with Crippen LogP contribution in [0, 0.1) is 6.92 Å². The van der Waals surface area contributed by atoms with E-state index in [-0.39, 0.29) is 64.6 Å². The van der Waals surface area contributed by atoms with Gasteiger partial charge < -0.3 is 39.4 Å². The molecule has 0 amide bonds. The van der Waals surface area contributed by atoms with Crippen molar-refractivity contribution in [3.63, 3.8) is 0 Å². The Kier molecular flexibility index (Phi) is 20.6. The van der Waals surface area contributed by atoms with Gasteiger partial charge in [0.2, 0.25) is 11.5 Å². The van der Waals surface area contributed by atoms with E-state index in [2.05, 4.69) is 6.92 Å². The largest absolute Gasteiger partial charge is 0.504 e. The molecular formula is C42H71FO8. The van der Waals surface area contributed by atoms with E-state index in [1.807, 2.05) is 0 Å². The summed E-state index contributed by atoms with van der Waals surface area (Å²) in [6.07, 6.45) is 26.2. The van der Waals surface area contributed by atoms with Crippen molar-refractivity contribution >= 4 is 5.83 Å². The minimum Gasteiger partial charge on any atom is -0.504 e. The number of rotatable bonds is 27. The molecule has 51 heavy (non-hydrogen) atoms. The molecule has 1 unspecified atom stereocenters. The van der Waals surface area contributed by atoms with E-state index in [9.17, 15) is 24.8 Å². The molecule has 0 saturated carbocycles. The molecule has 0 radical (unpaired) electrons. The lowest BCUT2D eigenvalue weighted by Crippen LogP contribution is -2.33. The van der Waals surface area contributed by atoms with Crippen LogP contribution in [0.1, 0.15) is 172 Å². The Morgan fingerprint density at radius 1 is 0.667 bits per heavy atom. The molecule has 3 rings (SSSR count). The number of methoxy groups -OCH3 is 2. The minimum atomic E-state index is -0.581. The highest BCUT2D eigenvalue weighted by Crippen LogP contribution is 2.50. The number of benzene rings is 1. The summed E-state index contributed by atoms with van der Waals surface area (Å²) in [6.45, 7) is 3.78. The average molecular weight is 722 g/mol. The number of phenolic OH excluding ortho intramolecular Hbond substituents is 2. The van der Waals surface area contributed by atoms with Crippen LogP contribution in [0.2, 0.25) is 0 Å². The Morgan fingerprint density at radius 3 is 1.53 bits per heavy atom. The fraction of sp³-hybridized carbons (Fsp3) is 0.810. The van der Waals surface area contributed by atoms with Crippen molar-refractivity contribution in [3.05, 3.63) is 17.2 Å². The van der Waals surface area contributed by atoms with Gasteiger partial charge in [0.05, 0.1) is 56.4 Å². The van der Waals surface area contributed by atoms with Gasteiger partial charge in [0.25, 0.3) is 0 Å². The summed E-state index contributed by atoms with van der Waals surface area (Å²) in [6, 6.07) is 0. The molecule has 1 aromatic rings. The van der Waals surface area contributed by atoms with Crippen LogP contribution in [-0.2, 0) is 9.47 Å². The maximum Gasteiger partial charge on any atom is 0.207 e. The zero-order chi connectivity index (χ0) is 37.0. The van der Waals surface area contributed by atoms with Crippen molar-refractivity contribution in [2.45, 2.75) is 205 Å². The number of aromatic hydroxyl groups is 2. The summed E-state index contributed by atoms with van der Waals surface area (Å²) in [4.78, 5) is 0. The van der Waals surface area contributed by atoms with Crippen molar-refractivity contribution in [2.75, 3.05) is 14.2 Å². The van der Waals surface area contributed by atoms with Gasteiger partial charge in [-0.25, -0.2) is 4.39 Å². The number of aliphatic hydroxyl groups is 2. The third kappa shape index (κ3) is 14.0. The smallest absolute Gasteiger partial charge is 0.207 e. The quantitative estimate of drug-likeness (QED) is 0.0524. The number of aliphatic hydroxyl groups excluding tert-OH is 2. The lowest BCUT2D eigenvalue weighted by Gasteiger charge is -2.24. The van der Waals surface area contributed by atoms with Crippen LogP contribution >= 0.6 is 0 Å². The summed E-state index contributed by atoms with van der Waals surface area (Å²) < 4.78 is 37.8. The Morgan fingerprint density at radius 2 is 1.08 bits per heavy atom. The number of allylic oxidation sites excluding steroid dienone is 1. The first kappa shape index (κ1) is 43.3. The molecule has 8 nitrogen and oxygen atoms in total. The van der Waals surface area contributed by atoms with Crippen molar-refractivity contribution in [1.82, 2.24) is 0 Å². The molecule has 2 heterocycles. The van der Waals surface area contributed by atoms with Crippen LogP contribution in [0.15, 0.2) is 6.08 Å². The molecule has 2 saturated heterocycles. The van der Waals surface area contributed by atoms with E-state index in [0.717, 1.165) is 89.9 Å². The van der Waals surface area contributed by atoms with Gasteiger partial charge in [-0.2, -0.15) is 0 Å². The van der Waals surface area contributed by atoms with E-state index in [1.54, 1.807) is 0 Å². The number of hydrogen-bond acceptors (Lipinski definition) is 8. The Labute approximate surface area is 308 Å². The third-order valence-corrected chi connectivity index (χ3v) is 11.1. The van der Waals surface area contributed by atoms with Crippen LogP contribution < -0.4 is 9.47 Å². The lowest BCUT2D eigenvalue weighted by molar-refractivity contribution is -0.110. The number of phenols is 2. The zero-order valence-corrected chi connectivity index (χ0v) is 32.3. The first-order chi connectivity index (χ1) is 24.7. The number of halogens is 1. The Balaban J connectivity index is 1.18. The van der Waals surface area contributed by atoms with E-state index in [0.29, 0.717) is 6.42 Å². The van der Waals surface area contributed by atoms with Crippen molar-refractivity contribution in [1.29, 1.82) is 0 Å². The van der Waals surface area contributed by atoms with Crippen molar-refractivity contribution < 1.29 is 43.8 Å². The molecule has 9 heteroatoms. The Bertz CT molecular complexity index is 1140. The first-order valence-electron chi connectivity index (χ1n) is 20.4. The van der Waals surface area contributed by atoms with E-state index >= 15 is 0 Å². The fourth-order valence-corrected chi connectivity index (χ4v) is 7.88. The van der Waals surface area contributed by atoms with Crippen molar-refractivity contribution in [2.24, 2.45) is 0 Å². The van der Waals surface area contributed by atoms with E-state index in [4.69, 9.17) is 18.9 Å². The van der Waals surface area contributed by atoms with Crippen LogP contribution in [0.25, 0.3) is 5.83 Å². The van der Waals surface area contributed by atoms with Crippen LogP contribution in [0.5, 0.6) is 23.0 Å². The van der Waals surface area contributed by atoms with E-state index < -0.39 is 11.9 Å². The Hall–Kier alpha value is -2.07. The van der Waals surface area contributed by atoms with Crippen LogP contribution in [0.3, 0.4) is 0 Å². The highest BCUT2D eigenvalue weighted by atomic mass is 18.2. The molecule has 2 aliphatic rings. The number of ether oxygens (including phenoxy) is 4. The molecule has 0 aromatic heterocycles.